The summed E-state index contributed by atoms with van der Waals surface area (Å²) < 4.78 is 39.2. The largest absolute Gasteiger partial charge is 0.435 e. The first kappa shape index (κ1) is 13.1. The maximum atomic E-state index is 12.4. The van der Waals surface area contributed by atoms with Gasteiger partial charge in [0.25, 0.3) is 0 Å². The first-order valence-corrected chi connectivity index (χ1v) is 7.02. The third kappa shape index (κ3) is 3.11. The van der Waals surface area contributed by atoms with Crippen molar-refractivity contribution in [2.75, 3.05) is 13.1 Å². The van der Waals surface area contributed by atoms with E-state index in [0.717, 1.165) is 25.5 Å². The van der Waals surface area contributed by atoms with Gasteiger partial charge in [0.15, 0.2) is 5.69 Å². The van der Waals surface area contributed by atoms with Gasteiger partial charge in [-0.2, -0.15) is 18.3 Å². The van der Waals surface area contributed by atoms with Crippen LogP contribution >= 0.6 is 22.6 Å². The van der Waals surface area contributed by atoms with E-state index in [1.807, 2.05) is 4.31 Å². The zero-order valence-electron chi connectivity index (χ0n) is 8.87. The van der Waals surface area contributed by atoms with Gasteiger partial charge in [0.2, 0.25) is 0 Å². The van der Waals surface area contributed by atoms with Crippen LogP contribution in [0.1, 0.15) is 30.1 Å². The van der Waals surface area contributed by atoms with Crippen molar-refractivity contribution in [2.45, 2.75) is 24.9 Å². The van der Waals surface area contributed by atoms with Gasteiger partial charge in [0.1, 0.15) is 0 Å². The minimum atomic E-state index is -4.37. The lowest BCUT2D eigenvalue weighted by molar-refractivity contribution is -0.141. The molecule has 1 aliphatic heterocycles. The zero-order chi connectivity index (χ0) is 12.5. The van der Waals surface area contributed by atoms with Crippen molar-refractivity contribution in [1.29, 1.82) is 0 Å². The molecule has 1 atom stereocenters. The maximum absolute atomic E-state index is 12.4. The average Bonchev–Trinajstić information content (AvgIpc) is 2.78. The molecule has 0 amide bonds. The number of aromatic amines is 1. The van der Waals surface area contributed by atoms with Crippen molar-refractivity contribution in [1.82, 2.24) is 14.5 Å². The Hall–Kier alpha value is -0.340. The number of thiol groups is 1. The summed E-state index contributed by atoms with van der Waals surface area (Å²) in [5, 5.41) is 5.81. The number of H-pyrrole nitrogens is 1. The molecule has 96 valence electrons. The molecule has 1 saturated heterocycles. The second-order valence-corrected chi connectivity index (χ2v) is 5.18. The molecule has 0 radical (unpaired) electrons. The summed E-state index contributed by atoms with van der Waals surface area (Å²) in [5.74, 6) is 0.0759. The lowest BCUT2D eigenvalue weighted by Crippen LogP contribution is -2.28. The number of hydrogen-bond acceptors (Lipinski definition) is 4. The molecule has 0 aliphatic carbocycles. The molecule has 2 rings (SSSR count). The molecular formula is C9H12F3N3S2. The number of halogens is 3. The van der Waals surface area contributed by atoms with Gasteiger partial charge in [-0.25, -0.2) is 4.31 Å². The quantitative estimate of drug-likeness (QED) is 0.497. The summed E-state index contributed by atoms with van der Waals surface area (Å²) in [5.41, 5.74) is -0.285. The van der Waals surface area contributed by atoms with Crippen molar-refractivity contribution in [2.24, 2.45) is 0 Å². The highest BCUT2D eigenvalue weighted by molar-refractivity contribution is 8.67. The first-order valence-electron chi connectivity index (χ1n) is 5.19. The molecule has 1 fully saturated rings. The molecule has 1 aromatic rings. The summed E-state index contributed by atoms with van der Waals surface area (Å²) >= 11 is 4.10. The molecule has 1 unspecified atom stereocenters. The summed E-state index contributed by atoms with van der Waals surface area (Å²) in [7, 11) is 1.33. The number of rotatable bonds is 2. The van der Waals surface area contributed by atoms with Gasteiger partial charge in [-0.05, 0) is 29.9 Å². The number of aromatic nitrogens is 2. The molecule has 3 nitrogen and oxygen atoms in total. The predicted octanol–water partition coefficient (Wildman–Crippen LogP) is 3.10. The summed E-state index contributed by atoms with van der Waals surface area (Å²) in [4.78, 5) is 0. The number of hydrogen-bond donors (Lipinski definition) is 2. The van der Waals surface area contributed by atoms with Crippen LogP contribution in [0.25, 0.3) is 0 Å². The molecule has 0 bridgehead atoms. The van der Waals surface area contributed by atoms with E-state index in [1.54, 1.807) is 0 Å². The Labute approximate surface area is 106 Å². The van der Waals surface area contributed by atoms with Crippen molar-refractivity contribution in [3.8, 4) is 0 Å². The van der Waals surface area contributed by atoms with E-state index in [-0.39, 0.29) is 5.92 Å². The molecule has 0 saturated carbocycles. The van der Waals surface area contributed by atoms with Crippen molar-refractivity contribution < 1.29 is 13.2 Å². The Bertz CT molecular complexity index is 380. The van der Waals surface area contributed by atoms with Crippen molar-refractivity contribution in [3.63, 3.8) is 0 Å². The Balaban J connectivity index is 2.09. The van der Waals surface area contributed by atoms with E-state index in [9.17, 15) is 13.2 Å². The second-order valence-electron chi connectivity index (χ2n) is 4.02. The predicted molar refractivity (Wildman–Crippen MR) is 63.7 cm³/mol. The highest BCUT2D eigenvalue weighted by Gasteiger charge is 2.35. The topological polar surface area (TPSA) is 31.9 Å². The van der Waals surface area contributed by atoms with Crippen LogP contribution in [0.2, 0.25) is 0 Å². The smallest absolute Gasteiger partial charge is 0.282 e. The van der Waals surface area contributed by atoms with Gasteiger partial charge >= 0.3 is 6.18 Å². The maximum Gasteiger partial charge on any atom is 0.435 e. The standard InChI is InChI=1S/C9H12F3N3S2/c10-9(11,12)8-4-7(13-14-8)6-2-1-3-15(5-6)17-16/h4,6,16H,1-3,5H2,(H,13,14). The number of nitrogens with zero attached hydrogens (tertiary/aromatic N) is 2. The van der Waals surface area contributed by atoms with Crippen LogP contribution in [-0.2, 0) is 6.18 Å². The Kier molecular flexibility index (Phi) is 3.94. The van der Waals surface area contributed by atoms with Crippen LogP contribution in [0.4, 0.5) is 13.2 Å². The van der Waals surface area contributed by atoms with E-state index in [1.165, 1.54) is 11.0 Å². The highest BCUT2D eigenvalue weighted by Crippen LogP contribution is 2.33. The lowest BCUT2D eigenvalue weighted by atomic mass is 9.96. The monoisotopic (exact) mass is 283 g/mol. The fraction of sp³-hybridized carbons (Fsp3) is 0.667. The minimum Gasteiger partial charge on any atom is -0.282 e. The third-order valence-corrected chi connectivity index (χ3v) is 4.08. The van der Waals surface area contributed by atoms with Crippen LogP contribution in [0.15, 0.2) is 6.07 Å². The van der Waals surface area contributed by atoms with Gasteiger partial charge in [-0.15, -0.1) is 0 Å². The van der Waals surface area contributed by atoms with E-state index < -0.39 is 11.9 Å². The van der Waals surface area contributed by atoms with Gasteiger partial charge < -0.3 is 0 Å². The van der Waals surface area contributed by atoms with E-state index in [2.05, 4.69) is 21.9 Å². The van der Waals surface area contributed by atoms with Gasteiger partial charge in [-0.1, -0.05) is 11.7 Å². The van der Waals surface area contributed by atoms with Gasteiger partial charge in [0.05, 0.1) is 0 Å². The fourth-order valence-electron chi connectivity index (χ4n) is 1.96. The first-order chi connectivity index (χ1) is 8.00. The Morgan fingerprint density at radius 2 is 2.29 bits per heavy atom. The minimum absolute atomic E-state index is 0.0759. The molecule has 17 heavy (non-hydrogen) atoms. The molecular weight excluding hydrogens is 271 g/mol. The number of nitrogens with one attached hydrogen (secondary N) is 1. The third-order valence-electron chi connectivity index (χ3n) is 2.83. The molecule has 2 heterocycles. The van der Waals surface area contributed by atoms with Gasteiger partial charge in [0, 0.05) is 24.7 Å². The summed E-state index contributed by atoms with van der Waals surface area (Å²) in [6, 6.07) is 1.11. The van der Waals surface area contributed by atoms with Crippen LogP contribution in [0, 0.1) is 0 Å². The molecule has 1 aromatic heterocycles. The lowest BCUT2D eigenvalue weighted by Gasteiger charge is -2.29. The molecule has 1 N–H and O–H groups in total. The number of piperidine rings is 1. The number of alkyl halides is 3. The highest BCUT2D eigenvalue weighted by atomic mass is 33.1. The van der Waals surface area contributed by atoms with Crippen LogP contribution in [0.3, 0.4) is 0 Å². The average molecular weight is 283 g/mol. The normalized spacial score (nSPS) is 22.9. The summed E-state index contributed by atoms with van der Waals surface area (Å²) in [6.45, 7) is 1.62. The second kappa shape index (κ2) is 5.11. The van der Waals surface area contributed by atoms with Crippen LogP contribution in [0.5, 0.6) is 0 Å². The molecule has 1 aliphatic rings. The fourth-order valence-corrected chi connectivity index (χ4v) is 2.86. The summed E-state index contributed by atoms with van der Waals surface area (Å²) in [6.07, 6.45) is -2.54. The van der Waals surface area contributed by atoms with Crippen molar-refractivity contribution in [3.05, 3.63) is 17.5 Å². The molecule has 0 spiro atoms. The Morgan fingerprint density at radius 3 is 2.88 bits per heavy atom. The van der Waals surface area contributed by atoms with Crippen LogP contribution in [-0.4, -0.2) is 27.6 Å². The Morgan fingerprint density at radius 1 is 1.53 bits per heavy atom. The van der Waals surface area contributed by atoms with E-state index >= 15 is 0 Å². The molecule has 8 heteroatoms. The van der Waals surface area contributed by atoms with E-state index in [0.29, 0.717) is 12.2 Å². The van der Waals surface area contributed by atoms with E-state index in [4.69, 9.17) is 0 Å². The van der Waals surface area contributed by atoms with Gasteiger partial charge in [-0.3, -0.25) is 5.10 Å². The van der Waals surface area contributed by atoms with Crippen LogP contribution < -0.4 is 0 Å². The van der Waals surface area contributed by atoms with Crippen molar-refractivity contribution >= 4 is 22.6 Å². The SMILES string of the molecule is FC(F)(F)c1cc(C2CCCN(SS)C2)[nH]n1. The zero-order valence-corrected chi connectivity index (χ0v) is 10.6. The molecule has 0 aromatic carbocycles.